The number of hydrogen-bond donors (Lipinski definition) is 0. The van der Waals surface area contributed by atoms with Gasteiger partial charge in [-0.15, -0.1) is 0 Å². The Morgan fingerprint density at radius 2 is 1.93 bits per heavy atom. The van der Waals surface area contributed by atoms with E-state index in [0.29, 0.717) is 6.04 Å². The molecule has 86 valence electrons. The van der Waals surface area contributed by atoms with E-state index in [1.54, 1.807) is 0 Å². The zero-order valence-corrected chi connectivity index (χ0v) is 10.5. The second-order valence-corrected chi connectivity index (χ2v) is 4.58. The highest BCUT2D eigenvalue weighted by Crippen LogP contribution is 2.16. The van der Waals surface area contributed by atoms with Gasteiger partial charge in [-0.2, -0.15) is 0 Å². The minimum atomic E-state index is 0.598. The van der Waals surface area contributed by atoms with Gasteiger partial charge in [0, 0.05) is 12.6 Å². The van der Waals surface area contributed by atoms with E-state index in [1.165, 1.54) is 44.2 Å². The van der Waals surface area contributed by atoms with Crippen LogP contribution in [-0.4, -0.2) is 17.5 Å². The number of rotatable bonds is 6. The van der Waals surface area contributed by atoms with Crippen molar-refractivity contribution in [1.29, 1.82) is 0 Å². The van der Waals surface area contributed by atoms with Crippen molar-refractivity contribution in [2.24, 2.45) is 0 Å². The summed E-state index contributed by atoms with van der Waals surface area (Å²) in [6.07, 6.45) is 13.5. The van der Waals surface area contributed by atoms with Crippen LogP contribution in [0.2, 0.25) is 0 Å². The van der Waals surface area contributed by atoms with Crippen molar-refractivity contribution in [3.63, 3.8) is 0 Å². The molecule has 0 bridgehead atoms. The van der Waals surface area contributed by atoms with Crippen molar-refractivity contribution < 1.29 is 0 Å². The zero-order valence-electron chi connectivity index (χ0n) is 10.5. The average molecular weight is 207 g/mol. The lowest BCUT2D eigenvalue weighted by Gasteiger charge is -2.30. The van der Waals surface area contributed by atoms with E-state index in [4.69, 9.17) is 0 Å². The molecule has 0 aromatic rings. The van der Waals surface area contributed by atoms with E-state index in [1.807, 2.05) is 0 Å². The van der Waals surface area contributed by atoms with Gasteiger partial charge in [-0.3, -0.25) is 0 Å². The molecule has 1 aliphatic heterocycles. The summed E-state index contributed by atoms with van der Waals surface area (Å²) in [5.41, 5.74) is 1.48. The number of unbranched alkanes of at least 4 members (excludes halogenated alkanes) is 4. The maximum absolute atomic E-state index is 2.46. The van der Waals surface area contributed by atoms with Crippen LogP contribution in [0.25, 0.3) is 0 Å². The number of hydrogen-bond acceptors (Lipinski definition) is 1. The Kier molecular flexibility index (Phi) is 5.52. The lowest BCUT2D eigenvalue weighted by atomic mass is 10.1. The number of nitrogens with zero attached hydrogens (tertiary/aromatic N) is 1. The molecule has 1 atom stereocenters. The van der Waals surface area contributed by atoms with E-state index in [2.05, 4.69) is 44.0 Å². The van der Waals surface area contributed by atoms with E-state index in [9.17, 15) is 0 Å². The Labute approximate surface area is 94.9 Å². The summed E-state index contributed by atoms with van der Waals surface area (Å²) < 4.78 is 0. The molecular weight excluding hydrogens is 182 g/mol. The van der Waals surface area contributed by atoms with Crippen LogP contribution in [0.15, 0.2) is 23.9 Å². The first-order valence-corrected chi connectivity index (χ1v) is 6.36. The summed E-state index contributed by atoms with van der Waals surface area (Å²) in [6.45, 7) is 8.00. The maximum Gasteiger partial charge on any atom is 0.0468 e. The molecule has 1 unspecified atom stereocenters. The molecule has 0 N–H and O–H groups in total. The molecule has 0 saturated heterocycles. The molecule has 0 radical (unpaired) electrons. The largest absolute Gasteiger partial charge is 0.371 e. The van der Waals surface area contributed by atoms with E-state index < -0.39 is 0 Å². The Morgan fingerprint density at radius 3 is 2.67 bits per heavy atom. The highest BCUT2D eigenvalue weighted by atomic mass is 15.1. The average Bonchev–Trinajstić information content (AvgIpc) is 2.24. The molecule has 0 saturated carbocycles. The van der Waals surface area contributed by atoms with Crippen LogP contribution in [0.1, 0.15) is 52.9 Å². The Balaban J connectivity index is 2.17. The van der Waals surface area contributed by atoms with Gasteiger partial charge in [-0.1, -0.05) is 44.3 Å². The van der Waals surface area contributed by atoms with Crippen molar-refractivity contribution in [2.75, 3.05) is 6.54 Å². The van der Waals surface area contributed by atoms with E-state index in [-0.39, 0.29) is 0 Å². The quantitative estimate of drug-likeness (QED) is 0.592. The van der Waals surface area contributed by atoms with Crippen LogP contribution in [-0.2, 0) is 0 Å². The Morgan fingerprint density at radius 1 is 1.20 bits per heavy atom. The third-order valence-corrected chi connectivity index (χ3v) is 3.31. The summed E-state index contributed by atoms with van der Waals surface area (Å²) in [4.78, 5) is 2.46. The van der Waals surface area contributed by atoms with Gasteiger partial charge in [0.25, 0.3) is 0 Å². The van der Waals surface area contributed by atoms with Gasteiger partial charge in [-0.05, 0) is 32.5 Å². The standard InChI is InChI=1S/C14H25N/c1-4-5-6-7-8-11-15-12-9-10-13(2)14(15)3/h9-10,12,14H,4-8,11H2,1-3H3. The SMILES string of the molecule is CCCCCCCN1C=CC=C(C)C1C. The number of allylic oxidation sites excluding steroid dienone is 2. The van der Waals surface area contributed by atoms with Crippen molar-refractivity contribution in [3.05, 3.63) is 23.9 Å². The van der Waals surface area contributed by atoms with Gasteiger partial charge in [0.05, 0.1) is 0 Å². The van der Waals surface area contributed by atoms with Crippen LogP contribution >= 0.6 is 0 Å². The molecule has 0 spiro atoms. The summed E-state index contributed by atoms with van der Waals surface area (Å²) >= 11 is 0. The van der Waals surface area contributed by atoms with Crippen molar-refractivity contribution in [1.82, 2.24) is 4.90 Å². The summed E-state index contributed by atoms with van der Waals surface area (Å²) in [5.74, 6) is 0. The smallest absolute Gasteiger partial charge is 0.0468 e. The first-order chi connectivity index (χ1) is 7.25. The topological polar surface area (TPSA) is 3.24 Å². The predicted molar refractivity (Wildman–Crippen MR) is 67.8 cm³/mol. The van der Waals surface area contributed by atoms with Crippen molar-refractivity contribution in [3.8, 4) is 0 Å². The third kappa shape index (κ3) is 4.11. The fourth-order valence-corrected chi connectivity index (χ4v) is 2.00. The van der Waals surface area contributed by atoms with Crippen LogP contribution in [0, 0.1) is 0 Å². The lowest BCUT2D eigenvalue weighted by Crippen LogP contribution is -2.31. The normalized spacial score (nSPS) is 20.6. The molecule has 1 heterocycles. The lowest BCUT2D eigenvalue weighted by molar-refractivity contribution is 0.311. The molecule has 0 amide bonds. The van der Waals surface area contributed by atoms with Crippen LogP contribution < -0.4 is 0 Å². The highest BCUT2D eigenvalue weighted by Gasteiger charge is 2.12. The minimum absolute atomic E-state index is 0.598. The molecular formula is C14H25N. The zero-order chi connectivity index (χ0) is 11.1. The summed E-state index contributed by atoms with van der Waals surface area (Å²) in [5, 5.41) is 0. The van der Waals surface area contributed by atoms with Gasteiger partial charge in [-0.25, -0.2) is 0 Å². The van der Waals surface area contributed by atoms with Gasteiger partial charge >= 0.3 is 0 Å². The highest BCUT2D eigenvalue weighted by molar-refractivity contribution is 5.20. The molecule has 0 aromatic carbocycles. The van der Waals surface area contributed by atoms with Crippen molar-refractivity contribution in [2.45, 2.75) is 58.9 Å². The fraction of sp³-hybridized carbons (Fsp3) is 0.714. The van der Waals surface area contributed by atoms with E-state index in [0.717, 1.165) is 0 Å². The molecule has 0 aliphatic carbocycles. The second-order valence-electron chi connectivity index (χ2n) is 4.58. The molecule has 1 rings (SSSR count). The molecule has 15 heavy (non-hydrogen) atoms. The molecule has 1 aliphatic rings. The Hall–Kier alpha value is -0.720. The van der Waals surface area contributed by atoms with Crippen molar-refractivity contribution >= 4 is 0 Å². The predicted octanol–water partition coefficient (Wildman–Crippen LogP) is 4.12. The summed E-state index contributed by atoms with van der Waals surface area (Å²) in [6, 6.07) is 0.598. The fourth-order valence-electron chi connectivity index (χ4n) is 2.00. The monoisotopic (exact) mass is 207 g/mol. The van der Waals surface area contributed by atoms with Crippen LogP contribution in [0.4, 0.5) is 0 Å². The first-order valence-electron chi connectivity index (χ1n) is 6.36. The second kappa shape index (κ2) is 6.71. The molecule has 0 aromatic heterocycles. The van der Waals surface area contributed by atoms with Gasteiger partial charge < -0.3 is 4.90 Å². The third-order valence-electron chi connectivity index (χ3n) is 3.31. The van der Waals surface area contributed by atoms with Gasteiger partial charge in [0.2, 0.25) is 0 Å². The summed E-state index contributed by atoms with van der Waals surface area (Å²) in [7, 11) is 0. The molecule has 0 fully saturated rings. The molecule has 1 nitrogen and oxygen atoms in total. The van der Waals surface area contributed by atoms with E-state index >= 15 is 0 Å². The van der Waals surface area contributed by atoms with Crippen LogP contribution in [0.3, 0.4) is 0 Å². The minimum Gasteiger partial charge on any atom is -0.371 e. The van der Waals surface area contributed by atoms with Crippen LogP contribution in [0.5, 0.6) is 0 Å². The molecule has 1 heteroatoms. The van der Waals surface area contributed by atoms with Gasteiger partial charge in [0.1, 0.15) is 0 Å². The van der Waals surface area contributed by atoms with Gasteiger partial charge in [0.15, 0.2) is 0 Å². The maximum atomic E-state index is 2.46. The Bertz CT molecular complexity index is 227. The first kappa shape index (κ1) is 12.4.